The number of aliphatic hydroxyl groups is 1. The van der Waals surface area contributed by atoms with E-state index in [1.807, 2.05) is 18.2 Å². The number of anilines is 2. The molecule has 0 radical (unpaired) electrons. The monoisotopic (exact) mass is 447 g/mol. The van der Waals surface area contributed by atoms with Crippen LogP contribution in [0.4, 0.5) is 11.8 Å². The number of aromatic nitrogens is 2. The number of methoxy groups -OCH3 is 1. The lowest BCUT2D eigenvalue weighted by atomic mass is 9.46. The van der Waals surface area contributed by atoms with Crippen LogP contribution in [0.2, 0.25) is 0 Å². The van der Waals surface area contributed by atoms with E-state index in [0.717, 1.165) is 47.1 Å². The summed E-state index contributed by atoms with van der Waals surface area (Å²) in [5.74, 6) is 5.27. The highest BCUT2D eigenvalue weighted by atomic mass is 16.5. The van der Waals surface area contributed by atoms with Gasteiger partial charge in [-0.2, -0.15) is 10.2 Å². The van der Waals surface area contributed by atoms with Crippen molar-refractivity contribution in [1.82, 2.24) is 9.97 Å². The van der Waals surface area contributed by atoms with Gasteiger partial charge in [-0.05, 0) is 78.9 Å². The summed E-state index contributed by atoms with van der Waals surface area (Å²) in [5.41, 5.74) is 2.54. The summed E-state index contributed by atoms with van der Waals surface area (Å²) in [7, 11) is 1.63. The quantitative estimate of drug-likeness (QED) is 0.553. The first-order valence-electron chi connectivity index (χ1n) is 12.0. The van der Waals surface area contributed by atoms with Gasteiger partial charge in [-0.25, -0.2) is 4.98 Å². The van der Waals surface area contributed by atoms with Gasteiger partial charge in [0, 0.05) is 18.7 Å². The fourth-order valence-corrected chi connectivity index (χ4v) is 6.86. The third-order valence-electron chi connectivity index (χ3n) is 8.38. The maximum Gasteiger partial charge on any atom is 0.224 e. The highest BCUT2D eigenvalue weighted by Crippen LogP contribution is 2.62. The number of ether oxygens (including phenoxy) is 1. The van der Waals surface area contributed by atoms with Crippen molar-refractivity contribution in [2.75, 3.05) is 24.3 Å². The summed E-state index contributed by atoms with van der Waals surface area (Å²) >= 11 is 0. The Balaban J connectivity index is 1.29. The number of nitriles is 1. The van der Waals surface area contributed by atoms with Crippen LogP contribution in [0.1, 0.15) is 55.7 Å². The van der Waals surface area contributed by atoms with Gasteiger partial charge in [0.15, 0.2) is 0 Å². The predicted octanol–water partition coefficient (Wildman–Crippen LogP) is 4.34. The molecule has 1 aromatic carbocycles. The summed E-state index contributed by atoms with van der Waals surface area (Å²) < 4.78 is 5.44. The zero-order chi connectivity index (χ0) is 23.0. The summed E-state index contributed by atoms with van der Waals surface area (Å²) in [6.45, 7) is 3.76. The second kappa shape index (κ2) is 8.83. The first-order valence-corrected chi connectivity index (χ1v) is 12.0. The van der Waals surface area contributed by atoms with E-state index < -0.39 is 0 Å². The van der Waals surface area contributed by atoms with E-state index in [2.05, 4.69) is 33.6 Å². The van der Waals surface area contributed by atoms with Crippen molar-refractivity contribution in [3.63, 3.8) is 0 Å². The Labute approximate surface area is 195 Å². The van der Waals surface area contributed by atoms with Crippen LogP contribution in [0.15, 0.2) is 24.4 Å². The lowest BCUT2D eigenvalue weighted by molar-refractivity contribution is -0.0822. The number of benzene rings is 1. The molecule has 4 fully saturated rings. The Hall–Kier alpha value is -2.85. The number of hydrogen-bond donors (Lipinski definition) is 3. The largest absolute Gasteiger partial charge is 0.496 e. The Kier molecular flexibility index (Phi) is 5.88. The van der Waals surface area contributed by atoms with Crippen LogP contribution in [0.5, 0.6) is 5.75 Å². The fourth-order valence-electron chi connectivity index (χ4n) is 6.86. The Morgan fingerprint density at radius 3 is 2.70 bits per heavy atom. The second-order valence-corrected chi connectivity index (χ2v) is 10.4. The SMILES string of the molecule is COc1ccc(CO)cc1CNc1ncc(C#N)c(NCC23CC4C[C@H](C2)C(C)[C@@H](C4)C3)n1. The molecule has 4 aliphatic carbocycles. The van der Waals surface area contributed by atoms with Crippen LogP contribution in [0.25, 0.3) is 0 Å². The summed E-state index contributed by atoms with van der Waals surface area (Å²) in [6.07, 6.45) is 8.30. The molecule has 7 heteroatoms. The van der Waals surface area contributed by atoms with Gasteiger partial charge in [-0.15, -0.1) is 0 Å². The lowest BCUT2D eigenvalue weighted by Crippen LogP contribution is -2.52. The first-order chi connectivity index (χ1) is 16.0. The van der Waals surface area contributed by atoms with Gasteiger partial charge in [-0.1, -0.05) is 13.0 Å². The standard InChI is InChI=1S/C26H33N5O2/c1-16-19-6-18-7-20(16)10-26(8-18,9-19)15-30-24-22(11-27)13-29-25(31-24)28-12-21-5-17(14-32)3-4-23(21)33-2/h3-5,13,16,18-20,32H,6-10,12,14-15H2,1-2H3,(H2,28,29,30,31)/t16?,18?,19-,20+,26?. The molecule has 4 aliphatic rings. The summed E-state index contributed by atoms with van der Waals surface area (Å²) in [4.78, 5) is 8.98. The number of rotatable bonds is 8. The van der Waals surface area contributed by atoms with Crippen LogP contribution in [0, 0.1) is 40.4 Å². The molecule has 0 spiro atoms. The fraction of sp³-hybridized carbons (Fsp3) is 0.577. The van der Waals surface area contributed by atoms with Crippen molar-refractivity contribution in [3.8, 4) is 11.8 Å². The van der Waals surface area contributed by atoms with Crippen molar-refractivity contribution in [1.29, 1.82) is 5.26 Å². The van der Waals surface area contributed by atoms with Crippen LogP contribution in [0.3, 0.4) is 0 Å². The number of nitrogens with one attached hydrogen (secondary N) is 2. The van der Waals surface area contributed by atoms with Crippen LogP contribution in [-0.4, -0.2) is 28.7 Å². The molecule has 0 aliphatic heterocycles. The molecule has 0 saturated heterocycles. The van der Waals surface area contributed by atoms with E-state index >= 15 is 0 Å². The number of nitrogens with zero attached hydrogens (tertiary/aromatic N) is 3. The Bertz CT molecular complexity index is 1050. The second-order valence-electron chi connectivity index (χ2n) is 10.4. The maximum atomic E-state index is 9.61. The molecule has 5 atom stereocenters. The molecule has 174 valence electrons. The third-order valence-corrected chi connectivity index (χ3v) is 8.38. The van der Waals surface area contributed by atoms with Crippen molar-refractivity contribution in [2.24, 2.45) is 29.1 Å². The Morgan fingerprint density at radius 2 is 2.00 bits per heavy atom. The Morgan fingerprint density at radius 1 is 1.21 bits per heavy atom. The van der Waals surface area contributed by atoms with Crippen molar-refractivity contribution in [3.05, 3.63) is 41.1 Å². The van der Waals surface area contributed by atoms with E-state index in [4.69, 9.17) is 4.74 Å². The normalized spacial score (nSPS) is 29.5. The molecule has 3 unspecified atom stereocenters. The summed E-state index contributed by atoms with van der Waals surface area (Å²) in [6, 6.07) is 7.83. The van der Waals surface area contributed by atoms with E-state index in [1.54, 1.807) is 13.3 Å². The molecule has 6 rings (SSSR count). The van der Waals surface area contributed by atoms with Gasteiger partial charge in [0.1, 0.15) is 23.2 Å². The van der Waals surface area contributed by atoms with Gasteiger partial charge >= 0.3 is 0 Å². The number of hydrogen-bond acceptors (Lipinski definition) is 7. The zero-order valence-electron chi connectivity index (χ0n) is 19.5. The maximum absolute atomic E-state index is 9.61. The van der Waals surface area contributed by atoms with E-state index in [1.165, 1.54) is 32.1 Å². The number of aliphatic hydroxyl groups excluding tert-OH is 1. The van der Waals surface area contributed by atoms with Crippen LogP contribution in [-0.2, 0) is 13.2 Å². The molecule has 1 aromatic heterocycles. The smallest absolute Gasteiger partial charge is 0.224 e. The summed E-state index contributed by atoms with van der Waals surface area (Å²) in [5, 5.41) is 25.8. The molecule has 33 heavy (non-hydrogen) atoms. The molecular formula is C26H33N5O2. The van der Waals surface area contributed by atoms with Crippen molar-refractivity contribution < 1.29 is 9.84 Å². The topological polar surface area (TPSA) is 103 Å². The molecular weight excluding hydrogens is 414 g/mol. The highest BCUT2D eigenvalue weighted by Gasteiger charge is 2.53. The van der Waals surface area contributed by atoms with Crippen molar-refractivity contribution >= 4 is 11.8 Å². The zero-order valence-corrected chi connectivity index (χ0v) is 19.5. The van der Waals surface area contributed by atoms with Gasteiger partial charge < -0.3 is 20.5 Å². The van der Waals surface area contributed by atoms with E-state index in [-0.39, 0.29) is 6.61 Å². The molecule has 4 saturated carbocycles. The molecule has 3 N–H and O–H groups in total. The molecule has 1 heterocycles. The predicted molar refractivity (Wildman–Crippen MR) is 127 cm³/mol. The molecule has 0 amide bonds. The first kappa shape index (κ1) is 22.0. The average molecular weight is 448 g/mol. The third kappa shape index (κ3) is 4.24. The van der Waals surface area contributed by atoms with Gasteiger partial charge in [0.25, 0.3) is 0 Å². The van der Waals surface area contributed by atoms with Gasteiger partial charge in [0.05, 0.1) is 19.9 Å². The minimum absolute atomic E-state index is 0.0263. The highest BCUT2D eigenvalue weighted by molar-refractivity contribution is 5.54. The average Bonchev–Trinajstić information content (AvgIpc) is 2.84. The van der Waals surface area contributed by atoms with E-state index in [9.17, 15) is 10.4 Å². The van der Waals surface area contributed by atoms with Gasteiger partial charge in [-0.3, -0.25) is 0 Å². The molecule has 2 aromatic rings. The molecule has 4 bridgehead atoms. The van der Waals surface area contributed by atoms with E-state index in [0.29, 0.717) is 29.3 Å². The lowest BCUT2D eigenvalue weighted by Gasteiger charge is -2.59. The van der Waals surface area contributed by atoms with Gasteiger partial charge in [0.2, 0.25) is 5.95 Å². The van der Waals surface area contributed by atoms with Crippen LogP contribution >= 0.6 is 0 Å². The molecule has 7 nitrogen and oxygen atoms in total. The minimum Gasteiger partial charge on any atom is -0.496 e. The van der Waals surface area contributed by atoms with Crippen LogP contribution < -0.4 is 15.4 Å². The minimum atomic E-state index is -0.0263. The van der Waals surface area contributed by atoms with Crippen molar-refractivity contribution in [2.45, 2.75) is 52.2 Å².